The Labute approximate surface area is 119 Å². The molecule has 10 heteroatoms. The van der Waals surface area contributed by atoms with Gasteiger partial charge in [0.25, 0.3) is 0 Å². The van der Waals surface area contributed by atoms with Gasteiger partial charge in [0.1, 0.15) is 10.7 Å². The normalized spacial score (nSPS) is 12.7. The lowest BCUT2D eigenvalue weighted by Gasteiger charge is -2.14. The molecule has 114 valence electrons. The maximum atomic E-state index is 13.6. The Balaban J connectivity index is 3.29. The number of sulfonamides is 1. The third-order valence-electron chi connectivity index (χ3n) is 2.64. The smallest absolute Gasteiger partial charge is 0.258 e. The molecule has 0 aromatic heterocycles. The number of benzene rings is 1. The van der Waals surface area contributed by atoms with Crippen molar-refractivity contribution >= 4 is 15.7 Å². The Morgan fingerprint density at radius 2 is 2.05 bits per heavy atom. The van der Waals surface area contributed by atoms with Crippen LogP contribution in [0.5, 0.6) is 0 Å². The van der Waals surface area contributed by atoms with Gasteiger partial charge in [-0.05, 0) is 6.42 Å². The predicted octanol–water partition coefficient (Wildman–Crippen LogP) is 1.84. The summed E-state index contributed by atoms with van der Waals surface area (Å²) in [5, 5.41) is 19.1. The molecule has 1 rings (SSSR count). The Morgan fingerprint density at radius 3 is 2.52 bits per heavy atom. The van der Waals surface area contributed by atoms with Crippen molar-refractivity contribution in [2.24, 2.45) is 0 Å². The molecule has 1 atom stereocenters. The van der Waals surface area contributed by atoms with E-state index in [1.165, 1.54) is 0 Å². The van der Waals surface area contributed by atoms with E-state index in [9.17, 15) is 27.3 Å². The molecule has 21 heavy (non-hydrogen) atoms. The van der Waals surface area contributed by atoms with Gasteiger partial charge in [0, 0.05) is 18.2 Å². The van der Waals surface area contributed by atoms with Crippen LogP contribution in [0.3, 0.4) is 0 Å². The van der Waals surface area contributed by atoms with E-state index in [2.05, 4.69) is 4.72 Å². The molecule has 0 aliphatic carbocycles. The Bertz CT molecular complexity index is 700. The topological polar surface area (TPSA) is 113 Å². The summed E-state index contributed by atoms with van der Waals surface area (Å²) in [5.74, 6) is -2.92. The lowest BCUT2D eigenvalue weighted by atomic mass is 10.2. The molecular formula is C11H11F2N3O4S. The fraction of sp³-hybridized carbons (Fsp3) is 0.364. The van der Waals surface area contributed by atoms with E-state index in [0.29, 0.717) is 6.07 Å². The Morgan fingerprint density at radius 1 is 1.43 bits per heavy atom. The molecule has 0 amide bonds. The van der Waals surface area contributed by atoms with E-state index in [1.807, 2.05) is 0 Å². The number of hydrogen-bond donors (Lipinski definition) is 1. The number of rotatable bonds is 6. The quantitative estimate of drug-likeness (QED) is 0.635. The number of nitriles is 1. The minimum absolute atomic E-state index is 0.137. The largest absolute Gasteiger partial charge is 0.306 e. The second-order valence-electron chi connectivity index (χ2n) is 4.08. The summed E-state index contributed by atoms with van der Waals surface area (Å²) < 4.78 is 52.8. The molecule has 0 heterocycles. The van der Waals surface area contributed by atoms with Crippen molar-refractivity contribution in [3.05, 3.63) is 33.9 Å². The Hall–Kier alpha value is -2.12. The van der Waals surface area contributed by atoms with Gasteiger partial charge >= 0.3 is 5.69 Å². The monoisotopic (exact) mass is 319 g/mol. The van der Waals surface area contributed by atoms with Crippen molar-refractivity contribution in [1.82, 2.24) is 4.72 Å². The highest BCUT2D eigenvalue weighted by Gasteiger charge is 2.27. The summed E-state index contributed by atoms with van der Waals surface area (Å²) >= 11 is 0. The molecule has 0 saturated heterocycles. The van der Waals surface area contributed by atoms with E-state index >= 15 is 0 Å². The maximum Gasteiger partial charge on any atom is 0.306 e. The highest BCUT2D eigenvalue weighted by Crippen LogP contribution is 2.25. The number of halogens is 2. The number of nitrogens with zero attached hydrogens (tertiary/aromatic N) is 2. The zero-order valence-electron chi connectivity index (χ0n) is 10.8. The lowest BCUT2D eigenvalue weighted by molar-refractivity contribution is -0.387. The first-order chi connectivity index (χ1) is 9.72. The lowest BCUT2D eigenvalue weighted by Crippen LogP contribution is -2.34. The first-order valence-corrected chi connectivity index (χ1v) is 7.24. The highest BCUT2D eigenvalue weighted by molar-refractivity contribution is 7.89. The minimum Gasteiger partial charge on any atom is -0.258 e. The van der Waals surface area contributed by atoms with E-state index < -0.39 is 43.2 Å². The molecule has 0 aliphatic heterocycles. The third-order valence-corrected chi connectivity index (χ3v) is 4.18. The summed E-state index contributed by atoms with van der Waals surface area (Å²) in [7, 11) is -4.44. The molecule has 1 aromatic rings. The number of nitro benzene ring substituents is 1. The standard InChI is InChI=1S/C11H11F2N3O4S/c1-2-7(3-4-14)15-21(19,20)11-6-10(16(17)18)8(12)5-9(11)13/h5-7,15H,2-3H2,1H3. The van der Waals surface area contributed by atoms with Crippen LogP contribution in [0, 0.1) is 33.1 Å². The predicted molar refractivity (Wildman–Crippen MR) is 67.6 cm³/mol. The van der Waals surface area contributed by atoms with Gasteiger partial charge in [-0.1, -0.05) is 6.92 Å². The first-order valence-electron chi connectivity index (χ1n) is 5.75. The fourth-order valence-electron chi connectivity index (χ4n) is 1.53. The van der Waals surface area contributed by atoms with Crippen LogP contribution in [0.1, 0.15) is 19.8 Å². The number of nitrogens with one attached hydrogen (secondary N) is 1. The van der Waals surface area contributed by atoms with Crippen LogP contribution < -0.4 is 4.72 Å². The third kappa shape index (κ3) is 3.93. The number of hydrogen-bond acceptors (Lipinski definition) is 5. The average Bonchev–Trinajstić information content (AvgIpc) is 2.37. The van der Waals surface area contributed by atoms with Gasteiger partial charge in [0.15, 0.2) is 0 Å². The molecule has 0 saturated carbocycles. The van der Waals surface area contributed by atoms with Crippen LogP contribution in [0.2, 0.25) is 0 Å². The van der Waals surface area contributed by atoms with Crippen molar-refractivity contribution in [2.45, 2.75) is 30.7 Å². The second-order valence-corrected chi connectivity index (χ2v) is 5.76. The van der Waals surface area contributed by atoms with Gasteiger partial charge < -0.3 is 0 Å². The van der Waals surface area contributed by atoms with Gasteiger partial charge in [-0.15, -0.1) is 0 Å². The molecule has 1 N–H and O–H groups in total. The minimum atomic E-state index is -4.44. The van der Waals surface area contributed by atoms with Crippen molar-refractivity contribution in [3.63, 3.8) is 0 Å². The van der Waals surface area contributed by atoms with E-state index in [1.54, 1.807) is 13.0 Å². The van der Waals surface area contributed by atoms with Crippen LogP contribution in [0.15, 0.2) is 17.0 Å². The molecular weight excluding hydrogens is 308 g/mol. The molecule has 0 radical (unpaired) electrons. The van der Waals surface area contributed by atoms with Crippen LogP contribution in [0.4, 0.5) is 14.5 Å². The van der Waals surface area contributed by atoms with Crippen molar-refractivity contribution in [3.8, 4) is 6.07 Å². The van der Waals surface area contributed by atoms with Gasteiger partial charge in [-0.2, -0.15) is 9.65 Å². The molecule has 1 aromatic carbocycles. The Kier molecular flexibility index (Phi) is 5.28. The van der Waals surface area contributed by atoms with Crippen molar-refractivity contribution < 1.29 is 22.1 Å². The molecule has 0 spiro atoms. The maximum absolute atomic E-state index is 13.6. The van der Waals surface area contributed by atoms with Crippen LogP contribution in [0.25, 0.3) is 0 Å². The first kappa shape index (κ1) is 16.9. The number of nitro groups is 1. The van der Waals surface area contributed by atoms with Gasteiger partial charge in [-0.25, -0.2) is 17.5 Å². The fourth-order valence-corrected chi connectivity index (χ4v) is 2.92. The van der Waals surface area contributed by atoms with E-state index in [-0.39, 0.29) is 18.9 Å². The van der Waals surface area contributed by atoms with Gasteiger partial charge in [0.2, 0.25) is 15.8 Å². The van der Waals surface area contributed by atoms with E-state index in [4.69, 9.17) is 5.26 Å². The van der Waals surface area contributed by atoms with Crippen molar-refractivity contribution in [1.29, 1.82) is 5.26 Å². The summed E-state index contributed by atoms with van der Waals surface area (Å²) in [5.41, 5.74) is -1.15. The second kappa shape index (κ2) is 6.55. The molecule has 0 aliphatic rings. The SMILES string of the molecule is CCC(CC#N)NS(=O)(=O)c1cc([N+](=O)[O-])c(F)cc1F. The zero-order valence-corrected chi connectivity index (χ0v) is 11.7. The summed E-state index contributed by atoms with van der Waals surface area (Å²) in [6.45, 7) is 1.61. The highest BCUT2D eigenvalue weighted by atomic mass is 32.2. The van der Waals surface area contributed by atoms with Gasteiger partial charge in [0.05, 0.1) is 17.4 Å². The summed E-state index contributed by atoms with van der Waals surface area (Å²) in [6.07, 6.45) is 0.109. The summed E-state index contributed by atoms with van der Waals surface area (Å²) in [4.78, 5) is 8.39. The molecule has 0 fully saturated rings. The molecule has 0 bridgehead atoms. The van der Waals surface area contributed by atoms with Gasteiger partial charge in [-0.3, -0.25) is 10.1 Å². The molecule has 7 nitrogen and oxygen atoms in total. The summed E-state index contributed by atoms with van der Waals surface area (Å²) in [6, 6.07) is 1.43. The zero-order chi connectivity index (χ0) is 16.2. The van der Waals surface area contributed by atoms with Crippen LogP contribution in [-0.2, 0) is 10.0 Å². The molecule has 1 unspecified atom stereocenters. The van der Waals surface area contributed by atoms with Crippen LogP contribution >= 0.6 is 0 Å². The average molecular weight is 319 g/mol. The van der Waals surface area contributed by atoms with E-state index in [0.717, 1.165) is 0 Å². The van der Waals surface area contributed by atoms with Crippen LogP contribution in [-0.4, -0.2) is 19.4 Å². The van der Waals surface area contributed by atoms with Crippen molar-refractivity contribution in [2.75, 3.05) is 0 Å².